The van der Waals surface area contributed by atoms with Crippen molar-refractivity contribution in [2.75, 3.05) is 13.2 Å². The van der Waals surface area contributed by atoms with Crippen LogP contribution in [0.15, 0.2) is 33.6 Å². The van der Waals surface area contributed by atoms with Crippen molar-refractivity contribution < 1.29 is 4.74 Å². The molecular formula is C10H13MgNO. The van der Waals surface area contributed by atoms with Crippen LogP contribution in [-0.4, -0.2) is 34.7 Å². The van der Waals surface area contributed by atoms with Crippen LogP contribution in [0.4, 0.5) is 5.69 Å². The second-order valence-corrected chi connectivity index (χ2v) is 3.13. The summed E-state index contributed by atoms with van der Waals surface area (Å²) in [5, 5.41) is 0. The molecule has 1 aromatic rings. The van der Waals surface area contributed by atoms with Gasteiger partial charge in [0.05, 0.1) is 0 Å². The van der Waals surface area contributed by atoms with Crippen molar-refractivity contribution in [3.05, 3.63) is 30.3 Å². The van der Waals surface area contributed by atoms with E-state index in [2.05, 4.69) is 3.26 Å². The zero-order chi connectivity index (χ0) is 9.36. The Morgan fingerprint density at radius 1 is 1.08 bits per heavy atom. The molecule has 1 heterocycles. The van der Waals surface area contributed by atoms with E-state index in [4.69, 9.17) is 4.74 Å². The van der Waals surface area contributed by atoms with Crippen molar-refractivity contribution in [2.24, 2.45) is 3.26 Å². The average Bonchev–Trinajstić information content (AvgIpc) is 2.77. The Labute approximate surface area is 91.6 Å². The molecule has 0 amide bonds. The molecule has 0 aromatic heterocycles. The van der Waals surface area contributed by atoms with Gasteiger partial charge in [0.2, 0.25) is 0 Å². The minimum absolute atomic E-state index is 1.00. The molecule has 1 fully saturated rings. The molecule has 0 radical (unpaired) electrons. The Morgan fingerprint density at radius 3 is 2.00 bits per heavy atom. The molecule has 0 saturated carbocycles. The SMILES string of the molecule is C1CCOC1.[Mg]=[N]c1ccccc1. The summed E-state index contributed by atoms with van der Waals surface area (Å²) in [4.78, 5) is 0. The molecule has 0 spiro atoms. The predicted octanol–water partition coefficient (Wildman–Crippen LogP) is 2.47. The van der Waals surface area contributed by atoms with E-state index in [1.807, 2.05) is 30.3 Å². The standard InChI is InChI=1S/C6H5N.C4H8O.Mg/c7-6-4-2-1-3-5-6;1-2-4-5-3-1;/h1-5H;1-4H2;. The molecule has 1 aromatic carbocycles. The Hall–Kier alpha value is -0.254. The molecule has 2 rings (SSSR count). The Bertz CT molecular complexity index is 226. The van der Waals surface area contributed by atoms with Crippen LogP contribution in [0.3, 0.4) is 0 Å². The van der Waals surface area contributed by atoms with Crippen molar-refractivity contribution in [1.29, 1.82) is 0 Å². The average molecular weight is 188 g/mol. The third kappa shape index (κ3) is 5.13. The van der Waals surface area contributed by atoms with Crippen molar-refractivity contribution in [3.8, 4) is 0 Å². The summed E-state index contributed by atoms with van der Waals surface area (Å²) < 4.78 is 8.94. The minimum atomic E-state index is 1.00. The van der Waals surface area contributed by atoms with Crippen molar-refractivity contribution in [1.82, 2.24) is 0 Å². The summed E-state index contributed by atoms with van der Waals surface area (Å²) in [6.45, 7) is 2.00. The molecule has 0 N–H and O–H groups in total. The van der Waals surface area contributed by atoms with Gasteiger partial charge in [-0.1, -0.05) is 0 Å². The Balaban J connectivity index is 0.000000145. The molecule has 0 aliphatic carbocycles. The van der Waals surface area contributed by atoms with Crippen molar-refractivity contribution in [2.45, 2.75) is 12.8 Å². The first kappa shape index (κ1) is 10.8. The van der Waals surface area contributed by atoms with Gasteiger partial charge < -0.3 is 4.74 Å². The fourth-order valence-corrected chi connectivity index (χ4v) is 1.25. The van der Waals surface area contributed by atoms with Gasteiger partial charge in [0.25, 0.3) is 0 Å². The summed E-state index contributed by atoms with van der Waals surface area (Å²) in [6.07, 6.45) is 2.56. The molecule has 0 unspecified atom stereocenters. The summed E-state index contributed by atoms with van der Waals surface area (Å²) in [6, 6.07) is 9.90. The Morgan fingerprint density at radius 2 is 1.69 bits per heavy atom. The third-order valence-corrected chi connectivity index (χ3v) is 2.13. The van der Waals surface area contributed by atoms with E-state index < -0.39 is 0 Å². The second kappa shape index (κ2) is 7.18. The van der Waals surface area contributed by atoms with Gasteiger partial charge in [-0.3, -0.25) is 0 Å². The molecular weight excluding hydrogens is 174 g/mol. The fourth-order valence-electron chi connectivity index (χ4n) is 1.04. The summed E-state index contributed by atoms with van der Waals surface area (Å²) in [7, 11) is 0. The van der Waals surface area contributed by atoms with Crippen LogP contribution < -0.4 is 0 Å². The quantitative estimate of drug-likeness (QED) is 0.619. The maximum absolute atomic E-state index is 4.94. The molecule has 0 bridgehead atoms. The molecule has 1 aliphatic heterocycles. The first-order valence-corrected chi connectivity index (χ1v) is 5.16. The fraction of sp³-hybridized carbons (Fsp3) is 0.400. The first-order valence-electron chi connectivity index (χ1n) is 4.53. The van der Waals surface area contributed by atoms with E-state index in [0.29, 0.717) is 0 Å². The van der Waals surface area contributed by atoms with Gasteiger partial charge in [0.15, 0.2) is 0 Å². The predicted molar refractivity (Wildman–Crippen MR) is 54.3 cm³/mol. The topological polar surface area (TPSA) is 21.6 Å². The van der Waals surface area contributed by atoms with Gasteiger partial charge in [0.1, 0.15) is 0 Å². The van der Waals surface area contributed by atoms with E-state index in [0.717, 1.165) is 18.9 Å². The molecule has 0 atom stereocenters. The van der Waals surface area contributed by atoms with Crippen molar-refractivity contribution in [3.63, 3.8) is 0 Å². The monoisotopic (exact) mass is 187 g/mol. The van der Waals surface area contributed by atoms with E-state index >= 15 is 0 Å². The zero-order valence-corrected chi connectivity index (χ0v) is 9.19. The third-order valence-electron chi connectivity index (χ3n) is 1.77. The molecule has 66 valence electrons. The number of hydrogen-bond acceptors (Lipinski definition) is 2. The van der Waals surface area contributed by atoms with Crippen LogP contribution in [0.2, 0.25) is 0 Å². The normalized spacial score (nSPS) is 14.6. The van der Waals surface area contributed by atoms with Crippen LogP contribution in [0, 0.1) is 0 Å². The number of rotatable bonds is 1. The summed E-state index contributed by atoms with van der Waals surface area (Å²) in [5.74, 6) is 0. The van der Waals surface area contributed by atoms with Crippen LogP contribution >= 0.6 is 0 Å². The number of benzene rings is 1. The number of hydrogen-bond donors (Lipinski definition) is 0. The zero-order valence-electron chi connectivity index (χ0n) is 7.78. The maximum atomic E-state index is 4.94. The molecule has 2 nitrogen and oxygen atoms in total. The summed E-state index contributed by atoms with van der Waals surface area (Å²) in [5.41, 5.74) is 1.05. The van der Waals surface area contributed by atoms with Gasteiger partial charge >= 0.3 is 60.8 Å². The van der Waals surface area contributed by atoms with Gasteiger partial charge in [-0.25, -0.2) is 0 Å². The van der Waals surface area contributed by atoms with Crippen LogP contribution in [0.1, 0.15) is 12.8 Å². The van der Waals surface area contributed by atoms with Gasteiger partial charge in [-0.05, 0) is 12.8 Å². The van der Waals surface area contributed by atoms with Crippen LogP contribution in [0.25, 0.3) is 0 Å². The van der Waals surface area contributed by atoms with Gasteiger partial charge in [0, 0.05) is 13.2 Å². The van der Waals surface area contributed by atoms with E-state index in [-0.39, 0.29) is 0 Å². The van der Waals surface area contributed by atoms with Gasteiger partial charge in [-0.15, -0.1) is 0 Å². The van der Waals surface area contributed by atoms with Crippen molar-refractivity contribution >= 4 is 27.2 Å². The van der Waals surface area contributed by atoms with E-state index in [9.17, 15) is 0 Å². The molecule has 1 saturated heterocycles. The van der Waals surface area contributed by atoms with Crippen LogP contribution in [0.5, 0.6) is 0 Å². The second-order valence-electron chi connectivity index (χ2n) is 2.81. The first-order chi connectivity index (χ1) is 6.43. The Kier molecular flexibility index (Phi) is 5.98. The van der Waals surface area contributed by atoms with Crippen LogP contribution in [-0.2, 0) is 4.74 Å². The summed E-state index contributed by atoms with van der Waals surface area (Å²) >= 11 is 1.61. The molecule has 3 heteroatoms. The number of ether oxygens (including phenoxy) is 1. The van der Waals surface area contributed by atoms with E-state index in [1.165, 1.54) is 12.8 Å². The van der Waals surface area contributed by atoms with Gasteiger partial charge in [-0.2, -0.15) is 0 Å². The molecule has 1 aliphatic rings. The number of nitrogens with zero attached hydrogens (tertiary/aromatic N) is 1. The molecule has 13 heavy (non-hydrogen) atoms. The van der Waals surface area contributed by atoms with E-state index in [1.54, 1.807) is 21.5 Å².